The quantitative estimate of drug-likeness (QED) is 0.136. The van der Waals surface area contributed by atoms with Gasteiger partial charge >= 0.3 is 5.97 Å². The summed E-state index contributed by atoms with van der Waals surface area (Å²) in [5.41, 5.74) is 0. The molecule has 0 aromatic heterocycles. The Kier molecular flexibility index (Phi) is 20.6. The average Bonchev–Trinajstić information content (AvgIpc) is 2.58. The number of ether oxygens (including phenoxy) is 1. The van der Waals surface area contributed by atoms with E-state index in [-0.39, 0.29) is 5.97 Å². The van der Waals surface area contributed by atoms with Crippen molar-refractivity contribution in [2.24, 2.45) is 0 Å². The Morgan fingerprint density at radius 3 is 1.58 bits per heavy atom. The van der Waals surface area contributed by atoms with Gasteiger partial charge in [-0.3, -0.25) is 4.79 Å². The largest absolute Gasteiger partial charge is 0.466 e. The van der Waals surface area contributed by atoms with Crippen molar-refractivity contribution in [2.45, 2.75) is 116 Å². The minimum atomic E-state index is -0.0604. The van der Waals surface area contributed by atoms with Crippen LogP contribution in [0.5, 0.6) is 0 Å². The van der Waals surface area contributed by atoms with Crippen molar-refractivity contribution in [3.8, 4) is 0 Å². The molecule has 0 saturated carbocycles. The Hall–Kier alpha value is -0.240. The van der Waals surface area contributed by atoms with E-state index in [0.717, 1.165) is 19.3 Å². The molecule has 0 atom stereocenters. The fraction of sp³-hybridized carbons (Fsp3) is 0.952. The third-order valence-electron chi connectivity index (χ3n) is 4.53. The first-order valence-corrected chi connectivity index (χ1v) is 11.1. The molecule has 0 bridgehead atoms. The van der Waals surface area contributed by atoms with E-state index < -0.39 is 0 Å². The summed E-state index contributed by atoms with van der Waals surface area (Å²) in [6, 6.07) is 0. The van der Waals surface area contributed by atoms with Gasteiger partial charge in [-0.25, -0.2) is 0 Å². The monoisotopic (exact) mass is 360 g/mol. The van der Waals surface area contributed by atoms with Crippen molar-refractivity contribution >= 4 is 17.6 Å². The van der Waals surface area contributed by atoms with Gasteiger partial charge in [0.1, 0.15) is 0 Å². The summed E-state index contributed by atoms with van der Waals surface area (Å²) in [6.45, 7) is 2.87. The summed E-state index contributed by atoms with van der Waals surface area (Å²) < 4.78 is 5.21. The lowest BCUT2D eigenvalue weighted by Gasteiger charge is -2.05. The zero-order valence-electron chi connectivity index (χ0n) is 16.1. The molecule has 0 aliphatic rings. The van der Waals surface area contributed by atoms with Crippen LogP contribution in [-0.2, 0) is 9.53 Å². The van der Waals surface area contributed by atoms with Gasteiger partial charge in [-0.1, -0.05) is 90.4 Å². The van der Waals surface area contributed by atoms with E-state index in [4.69, 9.17) is 16.3 Å². The highest BCUT2D eigenvalue weighted by molar-refractivity contribution is 6.17. The lowest BCUT2D eigenvalue weighted by atomic mass is 10.0. The predicted molar refractivity (Wildman–Crippen MR) is 106 cm³/mol. The predicted octanol–water partition coefficient (Wildman–Crippen LogP) is 7.42. The Morgan fingerprint density at radius 2 is 1.12 bits per heavy atom. The van der Waals surface area contributed by atoms with Crippen LogP contribution in [0.3, 0.4) is 0 Å². The molecule has 2 nitrogen and oxygen atoms in total. The van der Waals surface area contributed by atoms with Crippen LogP contribution in [0.1, 0.15) is 116 Å². The molecule has 0 fully saturated rings. The Labute approximate surface area is 156 Å². The Bertz CT molecular complexity index is 256. The van der Waals surface area contributed by atoms with E-state index in [2.05, 4.69) is 6.92 Å². The molecule has 0 aromatic rings. The van der Waals surface area contributed by atoms with E-state index in [1.54, 1.807) is 0 Å². The number of esters is 1. The fourth-order valence-electron chi connectivity index (χ4n) is 2.92. The molecule has 0 N–H and O–H groups in total. The highest BCUT2D eigenvalue weighted by atomic mass is 35.5. The van der Waals surface area contributed by atoms with Gasteiger partial charge in [0.05, 0.1) is 6.61 Å². The summed E-state index contributed by atoms with van der Waals surface area (Å²) in [7, 11) is 0. The summed E-state index contributed by atoms with van der Waals surface area (Å²) >= 11 is 5.58. The van der Waals surface area contributed by atoms with Crippen molar-refractivity contribution in [3.05, 3.63) is 0 Å². The maximum Gasteiger partial charge on any atom is 0.305 e. The van der Waals surface area contributed by atoms with Crippen LogP contribution in [0.15, 0.2) is 0 Å². The Morgan fingerprint density at radius 1 is 0.667 bits per heavy atom. The Balaban J connectivity index is 3.06. The molecule has 0 aliphatic carbocycles. The molecule has 0 spiro atoms. The summed E-state index contributed by atoms with van der Waals surface area (Å²) in [4.78, 5) is 11.4. The van der Waals surface area contributed by atoms with Crippen LogP contribution in [0.25, 0.3) is 0 Å². The van der Waals surface area contributed by atoms with Gasteiger partial charge in [0.25, 0.3) is 0 Å². The molecule has 0 aliphatic heterocycles. The first-order valence-electron chi connectivity index (χ1n) is 10.5. The van der Waals surface area contributed by atoms with Crippen LogP contribution in [0.2, 0.25) is 0 Å². The maximum absolute atomic E-state index is 11.4. The van der Waals surface area contributed by atoms with Gasteiger partial charge in [0.2, 0.25) is 0 Å². The lowest BCUT2D eigenvalue weighted by Crippen LogP contribution is -2.05. The number of rotatable bonds is 19. The summed E-state index contributed by atoms with van der Waals surface area (Å²) in [6.07, 6.45) is 21.2. The third kappa shape index (κ3) is 19.8. The van der Waals surface area contributed by atoms with E-state index in [9.17, 15) is 4.79 Å². The first kappa shape index (κ1) is 23.8. The molecule has 0 aromatic carbocycles. The van der Waals surface area contributed by atoms with Crippen LogP contribution in [0, 0.1) is 0 Å². The van der Waals surface area contributed by atoms with Crippen molar-refractivity contribution in [2.75, 3.05) is 12.5 Å². The topological polar surface area (TPSA) is 26.3 Å². The van der Waals surface area contributed by atoms with Crippen LogP contribution in [0.4, 0.5) is 0 Å². The van der Waals surface area contributed by atoms with E-state index in [1.807, 2.05) is 0 Å². The lowest BCUT2D eigenvalue weighted by molar-refractivity contribution is -0.143. The van der Waals surface area contributed by atoms with Gasteiger partial charge in [0.15, 0.2) is 0 Å². The molecular formula is C21H41ClO2. The molecule has 0 amide bonds. The molecule has 0 saturated heterocycles. The second kappa shape index (κ2) is 20.8. The maximum atomic E-state index is 11.4. The van der Waals surface area contributed by atoms with Crippen molar-refractivity contribution in [3.63, 3.8) is 0 Å². The molecule has 0 radical (unpaired) electrons. The van der Waals surface area contributed by atoms with Crippen molar-refractivity contribution < 1.29 is 9.53 Å². The van der Waals surface area contributed by atoms with Gasteiger partial charge in [-0.2, -0.15) is 0 Å². The highest BCUT2D eigenvalue weighted by Crippen LogP contribution is 2.13. The second-order valence-corrected chi connectivity index (χ2v) is 7.34. The number of carbonyl (C=O) groups is 1. The SMILES string of the molecule is CCCCCCCCCCCCCCCCOC(=O)CCCCCl. The third-order valence-corrected chi connectivity index (χ3v) is 4.79. The zero-order valence-corrected chi connectivity index (χ0v) is 16.9. The fourth-order valence-corrected chi connectivity index (χ4v) is 3.11. The van der Waals surface area contributed by atoms with Gasteiger partial charge < -0.3 is 4.74 Å². The number of unbranched alkanes of at least 4 members (excludes halogenated alkanes) is 14. The average molecular weight is 361 g/mol. The van der Waals surface area contributed by atoms with E-state index >= 15 is 0 Å². The molecule has 0 rings (SSSR count). The van der Waals surface area contributed by atoms with Gasteiger partial charge in [0, 0.05) is 12.3 Å². The number of carbonyl (C=O) groups excluding carboxylic acids is 1. The van der Waals surface area contributed by atoms with Crippen LogP contribution >= 0.6 is 11.6 Å². The number of hydrogen-bond acceptors (Lipinski definition) is 2. The molecule has 144 valence electrons. The number of alkyl halides is 1. The number of halogens is 1. The minimum Gasteiger partial charge on any atom is -0.466 e. The normalized spacial score (nSPS) is 10.9. The van der Waals surface area contributed by atoms with Crippen LogP contribution < -0.4 is 0 Å². The molecule has 3 heteroatoms. The minimum absolute atomic E-state index is 0.0604. The first-order chi connectivity index (χ1) is 11.8. The van der Waals surface area contributed by atoms with Crippen molar-refractivity contribution in [1.82, 2.24) is 0 Å². The summed E-state index contributed by atoms with van der Waals surface area (Å²) in [5, 5.41) is 0. The second-order valence-electron chi connectivity index (χ2n) is 6.96. The molecular weight excluding hydrogens is 320 g/mol. The van der Waals surface area contributed by atoms with E-state index in [1.165, 1.54) is 83.5 Å². The molecule has 24 heavy (non-hydrogen) atoms. The van der Waals surface area contributed by atoms with Gasteiger partial charge in [-0.15, -0.1) is 11.6 Å². The standard InChI is InChI=1S/C21H41ClO2/c1-2-3-4-5-6-7-8-9-10-11-12-13-14-17-20-24-21(23)18-15-16-19-22/h2-20H2,1H3. The number of hydrogen-bond donors (Lipinski definition) is 0. The summed E-state index contributed by atoms with van der Waals surface area (Å²) in [5.74, 6) is 0.571. The molecule has 0 unspecified atom stereocenters. The zero-order chi connectivity index (χ0) is 17.7. The smallest absolute Gasteiger partial charge is 0.305 e. The highest BCUT2D eigenvalue weighted by Gasteiger charge is 2.01. The molecule has 0 heterocycles. The van der Waals surface area contributed by atoms with Crippen molar-refractivity contribution in [1.29, 1.82) is 0 Å². The van der Waals surface area contributed by atoms with Gasteiger partial charge in [-0.05, 0) is 19.3 Å². The van der Waals surface area contributed by atoms with E-state index in [0.29, 0.717) is 18.9 Å². The van der Waals surface area contributed by atoms with Crippen LogP contribution in [-0.4, -0.2) is 18.5 Å².